The Morgan fingerprint density at radius 1 is 1.11 bits per heavy atom. The van der Waals surface area contributed by atoms with E-state index in [1.54, 1.807) is 18.2 Å². The number of nitrogens with zero attached hydrogens (tertiary/aromatic N) is 3. The molecule has 0 aliphatic rings. The van der Waals surface area contributed by atoms with Crippen molar-refractivity contribution in [2.75, 3.05) is 11.1 Å². The van der Waals surface area contributed by atoms with Crippen LogP contribution in [0, 0.1) is 0 Å². The van der Waals surface area contributed by atoms with Gasteiger partial charge in [-0.1, -0.05) is 48.2 Å². The molecule has 140 valence electrons. The third-order valence-corrected chi connectivity index (χ3v) is 5.22. The first-order chi connectivity index (χ1) is 13.7. The van der Waals surface area contributed by atoms with Gasteiger partial charge >= 0.3 is 0 Å². The van der Waals surface area contributed by atoms with Crippen LogP contribution >= 0.6 is 23.1 Å². The number of hydrogen-bond acceptors (Lipinski definition) is 8. The van der Waals surface area contributed by atoms with Crippen molar-refractivity contribution in [3.05, 3.63) is 60.0 Å². The Morgan fingerprint density at radius 2 is 1.93 bits per heavy atom. The van der Waals surface area contributed by atoms with E-state index in [1.807, 2.05) is 35.7 Å². The normalized spacial score (nSPS) is 10.7. The molecule has 0 fully saturated rings. The third kappa shape index (κ3) is 4.38. The number of thioether (sulfide) groups is 1. The quantitative estimate of drug-likeness (QED) is 0.457. The minimum absolute atomic E-state index is 0.113. The number of rotatable bonds is 6. The van der Waals surface area contributed by atoms with Crippen molar-refractivity contribution in [3.8, 4) is 28.5 Å². The molecule has 2 heterocycles. The average molecular weight is 410 g/mol. The Balaban J connectivity index is 1.33. The van der Waals surface area contributed by atoms with Crippen molar-refractivity contribution in [1.82, 2.24) is 15.2 Å². The number of hydrogen-bond donors (Lipinski definition) is 2. The predicted molar refractivity (Wildman–Crippen MR) is 108 cm³/mol. The number of aromatic nitrogens is 3. The summed E-state index contributed by atoms with van der Waals surface area (Å²) in [6.07, 6.45) is 0. The molecule has 28 heavy (non-hydrogen) atoms. The second-order valence-corrected chi connectivity index (χ2v) is 7.45. The monoisotopic (exact) mass is 410 g/mol. The minimum atomic E-state index is -0.212. The first-order valence-electron chi connectivity index (χ1n) is 8.24. The highest BCUT2D eigenvalue weighted by Gasteiger charge is 2.13. The van der Waals surface area contributed by atoms with Gasteiger partial charge in [0.05, 0.1) is 11.4 Å². The molecule has 2 N–H and O–H groups in total. The molecular weight excluding hydrogens is 396 g/mol. The number of aromatic hydroxyl groups is 1. The van der Waals surface area contributed by atoms with E-state index in [4.69, 9.17) is 4.42 Å². The standard InChI is InChI=1S/C19H14N4O3S2/c24-14-8-4-7-13(9-14)17-22-23-19(26-17)28-11-16(25)21-18-20-15(10-27-18)12-5-2-1-3-6-12/h1-10,24H,11H2,(H,20,21,25). The summed E-state index contributed by atoms with van der Waals surface area (Å²) in [6, 6.07) is 16.3. The van der Waals surface area contributed by atoms with Crippen LogP contribution in [0.3, 0.4) is 0 Å². The highest BCUT2D eigenvalue weighted by molar-refractivity contribution is 7.99. The summed E-state index contributed by atoms with van der Waals surface area (Å²) in [5, 5.41) is 22.9. The molecule has 0 atom stereocenters. The van der Waals surface area contributed by atoms with Gasteiger partial charge in [0.2, 0.25) is 11.8 Å². The molecule has 1 amide bonds. The molecule has 7 nitrogen and oxygen atoms in total. The van der Waals surface area contributed by atoms with E-state index >= 15 is 0 Å². The first kappa shape index (κ1) is 18.2. The van der Waals surface area contributed by atoms with Crippen molar-refractivity contribution >= 4 is 34.1 Å². The molecule has 0 aliphatic heterocycles. The lowest BCUT2D eigenvalue weighted by atomic mass is 10.2. The molecule has 4 aromatic rings. The molecule has 0 aliphatic carbocycles. The fourth-order valence-corrected chi connectivity index (χ4v) is 3.68. The number of nitrogens with one attached hydrogen (secondary N) is 1. The van der Waals surface area contributed by atoms with Gasteiger partial charge in [0.1, 0.15) is 5.75 Å². The summed E-state index contributed by atoms with van der Waals surface area (Å²) >= 11 is 2.50. The first-order valence-corrected chi connectivity index (χ1v) is 10.1. The largest absolute Gasteiger partial charge is 0.508 e. The van der Waals surface area contributed by atoms with E-state index in [0.717, 1.165) is 23.0 Å². The van der Waals surface area contributed by atoms with E-state index in [2.05, 4.69) is 20.5 Å². The molecule has 0 radical (unpaired) electrons. The van der Waals surface area contributed by atoms with Gasteiger partial charge in [0.25, 0.3) is 5.22 Å². The number of thiazole rings is 1. The predicted octanol–water partition coefficient (Wildman–Crippen LogP) is 4.30. The van der Waals surface area contributed by atoms with E-state index in [1.165, 1.54) is 17.4 Å². The average Bonchev–Trinajstić information content (AvgIpc) is 3.37. The highest BCUT2D eigenvalue weighted by atomic mass is 32.2. The Morgan fingerprint density at radius 3 is 2.75 bits per heavy atom. The molecule has 9 heteroatoms. The zero-order chi connectivity index (χ0) is 19.3. The number of carbonyl (C=O) groups is 1. The fourth-order valence-electron chi connectivity index (χ4n) is 2.38. The van der Waals surface area contributed by atoms with Gasteiger partial charge in [0, 0.05) is 16.5 Å². The van der Waals surface area contributed by atoms with Crippen molar-refractivity contribution < 1.29 is 14.3 Å². The molecule has 2 aromatic carbocycles. The summed E-state index contributed by atoms with van der Waals surface area (Å²) in [7, 11) is 0. The summed E-state index contributed by atoms with van der Waals surface area (Å²) in [5.74, 6) is 0.298. The van der Waals surface area contributed by atoms with Crippen LogP contribution < -0.4 is 5.32 Å². The number of amides is 1. The highest BCUT2D eigenvalue weighted by Crippen LogP contribution is 2.27. The van der Waals surface area contributed by atoms with Gasteiger partial charge in [-0.05, 0) is 18.2 Å². The van der Waals surface area contributed by atoms with Crippen LogP contribution in [0.4, 0.5) is 5.13 Å². The molecule has 0 saturated carbocycles. The van der Waals surface area contributed by atoms with Crippen LogP contribution in [-0.2, 0) is 4.79 Å². The van der Waals surface area contributed by atoms with Crippen LogP contribution in [0.5, 0.6) is 5.75 Å². The van der Waals surface area contributed by atoms with Crippen LogP contribution in [0.2, 0.25) is 0 Å². The van der Waals surface area contributed by atoms with Gasteiger partial charge in [0.15, 0.2) is 5.13 Å². The lowest BCUT2D eigenvalue weighted by Crippen LogP contribution is -2.13. The smallest absolute Gasteiger partial charge is 0.277 e. The third-order valence-electron chi connectivity index (χ3n) is 3.65. The summed E-state index contributed by atoms with van der Waals surface area (Å²) in [5.41, 5.74) is 2.43. The number of phenolic OH excluding ortho intramolecular Hbond substituents is 1. The molecule has 0 bridgehead atoms. The van der Waals surface area contributed by atoms with Crippen molar-refractivity contribution in [2.24, 2.45) is 0 Å². The van der Waals surface area contributed by atoms with Gasteiger partial charge in [-0.3, -0.25) is 4.79 Å². The lowest BCUT2D eigenvalue weighted by molar-refractivity contribution is -0.113. The fraction of sp³-hybridized carbons (Fsp3) is 0.0526. The second-order valence-electron chi connectivity index (χ2n) is 5.66. The molecule has 0 unspecified atom stereocenters. The van der Waals surface area contributed by atoms with Gasteiger partial charge < -0.3 is 14.8 Å². The SMILES string of the molecule is O=C(CSc1nnc(-c2cccc(O)c2)o1)Nc1nc(-c2ccccc2)cs1. The summed E-state index contributed by atoms with van der Waals surface area (Å²) < 4.78 is 5.52. The van der Waals surface area contributed by atoms with E-state index in [0.29, 0.717) is 10.7 Å². The van der Waals surface area contributed by atoms with Crippen molar-refractivity contribution in [1.29, 1.82) is 0 Å². The van der Waals surface area contributed by atoms with Crippen LogP contribution in [0.15, 0.2) is 69.6 Å². The zero-order valence-corrected chi connectivity index (χ0v) is 16.0. The number of benzene rings is 2. The van der Waals surface area contributed by atoms with Crippen molar-refractivity contribution in [2.45, 2.75) is 5.22 Å². The molecule has 0 saturated heterocycles. The summed E-state index contributed by atoms with van der Waals surface area (Å²) in [6.45, 7) is 0. The maximum Gasteiger partial charge on any atom is 0.277 e. The minimum Gasteiger partial charge on any atom is -0.508 e. The van der Waals surface area contributed by atoms with Crippen LogP contribution in [-0.4, -0.2) is 31.9 Å². The molecular formula is C19H14N4O3S2. The molecule has 4 rings (SSSR count). The zero-order valence-electron chi connectivity index (χ0n) is 14.4. The van der Waals surface area contributed by atoms with Crippen LogP contribution in [0.1, 0.15) is 0 Å². The Bertz CT molecular complexity index is 1100. The number of carbonyl (C=O) groups excluding carboxylic acids is 1. The van der Waals surface area contributed by atoms with Gasteiger partial charge in [-0.2, -0.15) is 0 Å². The van der Waals surface area contributed by atoms with Gasteiger partial charge in [-0.15, -0.1) is 21.5 Å². The van der Waals surface area contributed by atoms with Gasteiger partial charge in [-0.25, -0.2) is 4.98 Å². The van der Waals surface area contributed by atoms with E-state index < -0.39 is 0 Å². The van der Waals surface area contributed by atoms with Crippen molar-refractivity contribution in [3.63, 3.8) is 0 Å². The topological polar surface area (TPSA) is 101 Å². The summed E-state index contributed by atoms with van der Waals surface area (Å²) in [4.78, 5) is 16.6. The Hall–Kier alpha value is -3.17. The van der Waals surface area contributed by atoms with Crippen LogP contribution in [0.25, 0.3) is 22.7 Å². The van der Waals surface area contributed by atoms with E-state index in [9.17, 15) is 9.90 Å². The number of anilines is 1. The lowest BCUT2D eigenvalue weighted by Gasteiger charge is -1.99. The maximum absolute atomic E-state index is 12.2. The Kier molecular flexibility index (Phi) is 5.36. The molecule has 0 spiro atoms. The maximum atomic E-state index is 12.2. The van der Waals surface area contributed by atoms with E-state index in [-0.39, 0.29) is 28.5 Å². The number of phenols is 1. The Labute approximate surface area is 168 Å². The second kappa shape index (κ2) is 8.24. The molecule has 2 aromatic heterocycles.